The summed E-state index contributed by atoms with van der Waals surface area (Å²) in [5.41, 5.74) is 7.00. The number of hydrogen-bond acceptors (Lipinski definition) is 3. The third-order valence-corrected chi connectivity index (χ3v) is 2.07. The lowest BCUT2D eigenvalue weighted by Gasteiger charge is -1.97. The van der Waals surface area contributed by atoms with E-state index in [1.165, 1.54) is 0 Å². The average Bonchev–Trinajstić information content (AvgIpc) is 2.67. The number of carbonyl (C=O) groups is 1. The van der Waals surface area contributed by atoms with Gasteiger partial charge in [0.1, 0.15) is 0 Å². The maximum atomic E-state index is 11.0. The zero-order chi connectivity index (χ0) is 10.7. The molecule has 0 saturated carbocycles. The highest BCUT2D eigenvalue weighted by Gasteiger charge is 2.12. The van der Waals surface area contributed by atoms with Gasteiger partial charge in [-0.15, -0.1) is 0 Å². The Bertz CT molecular complexity index is 463. The van der Waals surface area contributed by atoms with Gasteiger partial charge in [0.2, 0.25) is 0 Å². The second kappa shape index (κ2) is 3.91. The number of amides is 1. The SMILES string of the molecule is NC(=O)c1n[nH]nc1Cc1ccccc1. The van der Waals surface area contributed by atoms with Gasteiger partial charge in [0.05, 0.1) is 5.69 Å². The van der Waals surface area contributed by atoms with Crippen LogP contribution in [0.5, 0.6) is 0 Å². The Morgan fingerprint density at radius 3 is 2.67 bits per heavy atom. The van der Waals surface area contributed by atoms with Crippen LogP contribution in [0.3, 0.4) is 0 Å². The van der Waals surface area contributed by atoms with Crippen molar-refractivity contribution in [3.8, 4) is 0 Å². The second-order valence-electron chi connectivity index (χ2n) is 3.15. The van der Waals surface area contributed by atoms with Crippen LogP contribution in [-0.4, -0.2) is 21.3 Å². The third-order valence-electron chi connectivity index (χ3n) is 2.07. The molecule has 0 radical (unpaired) electrons. The average molecular weight is 202 g/mol. The minimum Gasteiger partial charge on any atom is -0.364 e. The summed E-state index contributed by atoms with van der Waals surface area (Å²) in [5, 5.41) is 10.00. The van der Waals surface area contributed by atoms with E-state index in [-0.39, 0.29) is 5.69 Å². The van der Waals surface area contributed by atoms with E-state index in [4.69, 9.17) is 5.73 Å². The fraction of sp³-hybridized carbons (Fsp3) is 0.100. The van der Waals surface area contributed by atoms with E-state index in [1.54, 1.807) is 0 Å². The zero-order valence-electron chi connectivity index (χ0n) is 7.97. The predicted octanol–water partition coefficient (Wildman–Crippen LogP) is 0.494. The summed E-state index contributed by atoms with van der Waals surface area (Å²) < 4.78 is 0. The molecule has 0 unspecified atom stereocenters. The molecule has 0 aliphatic rings. The summed E-state index contributed by atoms with van der Waals surface area (Å²) >= 11 is 0. The first-order valence-electron chi connectivity index (χ1n) is 4.51. The number of carbonyl (C=O) groups excluding carboxylic acids is 1. The summed E-state index contributed by atoms with van der Waals surface area (Å²) in [6.07, 6.45) is 0.551. The van der Waals surface area contributed by atoms with Crippen LogP contribution < -0.4 is 5.73 Å². The molecule has 1 amide bonds. The number of nitrogens with two attached hydrogens (primary N) is 1. The van der Waals surface area contributed by atoms with E-state index in [0.29, 0.717) is 12.1 Å². The first kappa shape index (κ1) is 9.39. The Kier molecular flexibility index (Phi) is 2.45. The Morgan fingerprint density at radius 1 is 1.27 bits per heavy atom. The molecule has 1 aromatic carbocycles. The molecule has 0 aliphatic carbocycles. The van der Waals surface area contributed by atoms with Gasteiger partial charge >= 0.3 is 0 Å². The topological polar surface area (TPSA) is 84.7 Å². The molecule has 0 atom stereocenters. The molecule has 0 bridgehead atoms. The van der Waals surface area contributed by atoms with Crippen LogP contribution in [0.4, 0.5) is 0 Å². The second-order valence-corrected chi connectivity index (χ2v) is 3.15. The number of primary amides is 1. The van der Waals surface area contributed by atoms with E-state index in [9.17, 15) is 4.79 Å². The van der Waals surface area contributed by atoms with Crippen molar-refractivity contribution >= 4 is 5.91 Å². The van der Waals surface area contributed by atoms with E-state index in [2.05, 4.69) is 15.4 Å². The first-order valence-corrected chi connectivity index (χ1v) is 4.51. The third kappa shape index (κ3) is 2.01. The fourth-order valence-electron chi connectivity index (χ4n) is 1.36. The Hall–Kier alpha value is -2.17. The summed E-state index contributed by atoms with van der Waals surface area (Å²) in [6, 6.07) is 9.71. The lowest BCUT2D eigenvalue weighted by molar-refractivity contribution is 0.0994. The molecule has 15 heavy (non-hydrogen) atoms. The number of hydrogen-bond donors (Lipinski definition) is 2. The molecular weight excluding hydrogens is 192 g/mol. The molecule has 1 heterocycles. The molecule has 3 N–H and O–H groups in total. The minimum atomic E-state index is -0.560. The molecule has 1 aromatic heterocycles. The van der Waals surface area contributed by atoms with Gasteiger partial charge in [-0.05, 0) is 5.56 Å². The maximum absolute atomic E-state index is 11.0. The Balaban J connectivity index is 2.25. The van der Waals surface area contributed by atoms with Gasteiger partial charge in [-0.1, -0.05) is 30.3 Å². The number of nitrogens with one attached hydrogen (secondary N) is 1. The van der Waals surface area contributed by atoms with Crippen molar-refractivity contribution in [2.24, 2.45) is 5.73 Å². The van der Waals surface area contributed by atoms with Gasteiger partial charge in [0.25, 0.3) is 5.91 Å². The highest BCUT2D eigenvalue weighted by molar-refractivity contribution is 5.91. The number of rotatable bonds is 3. The number of aromatic amines is 1. The van der Waals surface area contributed by atoms with E-state index in [0.717, 1.165) is 5.56 Å². The number of H-pyrrole nitrogens is 1. The van der Waals surface area contributed by atoms with E-state index in [1.807, 2.05) is 30.3 Å². The van der Waals surface area contributed by atoms with Crippen LogP contribution in [0, 0.1) is 0 Å². The highest BCUT2D eigenvalue weighted by atomic mass is 16.1. The summed E-state index contributed by atoms with van der Waals surface area (Å²) in [7, 11) is 0. The Labute approximate surface area is 86.3 Å². The van der Waals surface area contributed by atoms with Crippen molar-refractivity contribution in [2.75, 3.05) is 0 Å². The normalized spacial score (nSPS) is 10.1. The summed E-state index contributed by atoms with van der Waals surface area (Å²) in [6.45, 7) is 0. The van der Waals surface area contributed by atoms with Gasteiger partial charge in [0.15, 0.2) is 5.69 Å². The standard InChI is InChI=1S/C10H10N4O/c11-10(15)9-8(12-14-13-9)6-7-4-2-1-3-5-7/h1-5H,6H2,(H2,11,15)(H,12,13,14). The largest absolute Gasteiger partial charge is 0.364 e. The molecule has 5 heteroatoms. The quantitative estimate of drug-likeness (QED) is 0.759. The van der Waals surface area contributed by atoms with Gasteiger partial charge < -0.3 is 5.73 Å². The van der Waals surface area contributed by atoms with Crippen LogP contribution in [0.15, 0.2) is 30.3 Å². The van der Waals surface area contributed by atoms with Crippen molar-refractivity contribution in [1.29, 1.82) is 0 Å². The number of benzene rings is 1. The molecule has 2 rings (SSSR count). The van der Waals surface area contributed by atoms with Crippen molar-refractivity contribution in [3.63, 3.8) is 0 Å². The zero-order valence-corrected chi connectivity index (χ0v) is 7.97. The highest BCUT2D eigenvalue weighted by Crippen LogP contribution is 2.08. The summed E-state index contributed by atoms with van der Waals surface area (Å²) in [4.78, 5) is 11.0. The lowest BCUT2D eigenvalue weighted by atomic mass is 10.1. The number of nitrogens with zero attached hydrogens (tertiary/aromatic N) is 2. The molecule has 2 aromatic rings. The monoisotopic (exact) mass is 202 g/mol. The van der Waals surface area contributed by atoms with Crippen molar-refractivity contribution in [1.82, 2.24) is 15.4 Å². The number of aromatic nitrogens is 3. The lowest BCUT2D eigenvalue weighted by Crippen LogP contribution is -2.14. The first-order chi connectivity index (χ1) is 7.27. The molecular formula is C10H10N4O. The van der Waals surface area contributed by atoms with Crippen LogP contribution in [-0.2, 0) is 6.42 Å². The smallest absolute Gasteiger partial charge is 0.271 e. The van der Waals surface area contributed by atoms with Crippen LogP contribution in [0.25, 0.3) is 0 Å². The summed E-state index contributed by atoms with van der Waals surface area (Å²) in [5.74, 6) is -0.560. The van der Waals surface area contributed by atoms with E-state index >= 15 is 0 Å². The predicted molar refractivity (Wildman–Crippen MR) is 54.1 cm³/mol. The van der Waals surface area contributed by atoms with Crippen LogP contribution >= 0.6 is 0 Å². The van der Waals surface area contributed by atoms with Gasteiger partial charge in [0, 0.05) is 6.42 Å². The van der Waals surface area contributed by atoms with Crippen molar-refractivity contribution in [3.05, 3.63) is 47.3 Å². The van der Waals surface area contributed by atoms with Gasteiger partial charge in [-0.2, -0.15) is 15.4 Å². The molecule has 76 valence electrons. The molecule has 0 saturated heterocycles. The fourth-order valence-corrected chi connectivity index (χ4v) is 1.36. The molecule has 0 fully saturated rings. The van der Waals surface area contributed by atoms with Crippen LogP contribution in [0.1, 0.15) is 21.7 Å². The van der Waals surface area contributed by atoms with Crippen LogP contribution in [0.2, 0.25) is 0 Å². The van der Waals surface area contributed by atoms with Crippen molar-refractivity contribution < 1.29 is 4.79 Å². The molecule has 5 nitrogen and oxygen atoms in total. The maximum Gasteiger partial charge on any atom is 0.271 e. The van der Waals surface area contributed by atoms with Gasteiger partial charge in [-0.3, -0.25) is 4.79 Å². The van der Waals surface area contributed by atoms with Gasteiger partial charge in [-0.25, -0.2) is 0 Å². The molecule has 0 spiro atoms. The van der Waals surface area contributed by atoms with E-state index < -0.39 is 5.91 Å². The Morgan fingerprint density at radius 2 is 2.00 bits per heavy atom. The minimum absolute atomic E-state index is 0.207. The molecule has 0 aliphatic heterocycles. The van der Waals surface area contributed by atoms with Crippen molar-refractivity contribution in [2.45, 2.75) is 6.42 Å².